The van der Waals surface area contributed by atoms with Crippen molar-refractivity contribution in [3.8, 4) is 0 Å². The largest absolute Gasteiger partial charge is 0.399 e. The van der Waals surface area contributed by atoms with Gasteiger partial charge in [-0.2, -0.15) is 0 Å². The van der Waals surface area contributed by atoms with Crippen LogP contribution in [0.25, 0.3) is 0 Å². The number of amides is 1. The first-order valence-corrected chi connectivity index (χ1v) is 5.70. The first-order chi connectivity index (χ1) is 7.94. The fourth-order valence-corrected chi connectivity index (χ4v) is 1.49. The zero-order chi connectivity index (χ0) is 12.9. The number of benzene rings is 1. The molecule has 0 aliphatic carbocycles. The van der Waals surface area contributed by atoms with Gasteiger partial charge < -0.3 is 16.2 Å². The van der Waals surface area contributed by atoms with Gasteiger partial charge in [0.15, 0.2) is 0 Å². The van der Waals surface area contributed by atoms with Crippen LogP contribution >= 0.6 is 0 Å². The van der Waals surface area contributed by atoms with Crippen LogP contribution < -0.4 is 11.1 Å². The Morgan fingerprint density at radius 1 is 1.41 bits per heavy atom. The van der Waals surface area contributed by atoms with Crippen molar-refractivity contribution in [2.75, 3.05) is 12.3 Å². The number of aliphatic hydroxyl groups excluding tert-OH is 1. The third-order valence-electron chi connectivity index (χ3n) is 2.55. The number of nitrogen functional groups attached to an aromatic ring is 1. The van der Waals surface area contributed by atoms with E-state index in [4.69, 9.17) is 10.8 Å². The van der Waals surface area contributed by atoms with Crippen LogP contribution in [0.1, 0.15) is 25.8 Å². The molecule has 1 rings (SSSR count). The smallest absolute Gasteiger partial charge is 0.220 e. The summed E-state index contributed by atoms with van der Waals surface area (Å²) in [7, 11) is 0. The highest BCUT2D eigenvalue weighted by Gasteiger charge is 2.18. The van der Waals surface area contributed by atoms with Gasteiger partial charge in [-0.3, -0.25) is 4.79 Å². The van der Waals surface area contributed by atoms with E-state index < -0.39 is 5.54 Å². The van der Waals surface area contributed by atoms with Gasteiger partial charge in [-0.05, 0) is 31.9 Å². The summed E-state index contributed by atoms with van der Waals surface area (Å²) in [5.74, 6) is -0.0766. The molecule has 0 aliphatic rings. The van der Waals surface area contributed by atoms with E-state index in [-0.39, 0.29) is 12.5 Å². The summed E-state index contributed by atoms with van der Waals surface area (Å²) in [6.07, 6.45) is 0.984. The summed E-state index contributed by atoms with van der Waals surface area (Å²) in [5, 5.41) is 11.8. The number of para-hydroxylation sites is 1. The molecule has 0 aliphatic heterocycles. The van der Waals surface area contributed by atoms with Crippen molar-refractivity contribution in [1.82, 2.24) is 5.32 Å². The minimum absolute atomic E-state index is 0.0766. The Kier molecular flexibility index (Phi) is 4.52. The van der Waals surface area contributed by atoms with Gasteiger partial charge in [0.1, 0.15) is 0 Å². The predicted molar refractivity (Wildman–Crippen MR) is 68.5 cm³/mol. The average molecular weight is 236 g/mol. The van der Waals surface area contributed by atoms with Crippen LogP contribution in [0.15, 0.2) is 24.3 Å². The normalized spacial score (nSPS) is 11.2. The lowest BCUT2D eigenvalue weighted by Gasteiger charge is -2.23. The predicted octanol–water partition coefficient (Wildman–Crippen LogP) is 1.09. The van der Waals surface area contributed by atoms with Gasteiger partial charge in [0.2, 0.25) is 5.91 Å². The van der Waals surface area contributed by atoms with Crippen LogP contribution in [0.5, 0.6) is 0 Å². The SMILES string of the molecule is CC(C)(CO)NC(=O)CCc1ccccc1N. The molecule has 0 aromatic heterocycles. The van der Waals surface area contributed by atoms with Gasteiger partial charge in [0, 0.05) is 12.1 Å². The fourth-order valence-electron chi connectivity index (χ4n) is 1.49. The Hall–Kier alpha value is -1.55. The van der Waals surface area contributed by atoms with Crippen LogP contribution in [0.3, 0.4) is 0 Å². The molecule has 1 aromatic carbocycles. The maximum atomic E-state index is 11.6. The van der Waals surface area contributed by atoms with Crippen molar-refractivity contribution >= 4 is 11.6 Å². The highest BCUT2D eigenvalue weighted by Crippen LogP contribution is 2.12. The molecule has 4 heteroatoms. The molecular formula is C13H20N2O2. The number of carbonyl (C=O) groups is 1. The van der Waals surface area contributed by atoms with Crippen molar-refractivity contribution in [1.29, 1.82) is 0 Å². The zero-order valence-corrected chi connectivity index (χ0v) is 10.4. The van der Waals surface area contributed by atoms with Gasteiger partial charge in [-0.15, -0.1) is 0 Å². The average Bonchev–Trinajstić information content (AvgIpc) is 2.27. The third kappa shape index (κ3) is 4.44. The van der Waals surface area contributed by atoms with Crippen LogP contribution in [-0.2, 0) is 11.2 Å². The fraction of sp³-hybridized carbons (Fsp3) is 0.462. The number of anilines is 1. The second kappa shape index (κ2) is 5.68. The van der Waals surface area contributed by atoms with Crippen molar-refractivity contribution < 1.29 is 9.90 Å². The number of nitrogens with one attached hydrogen (secondary N) is 1. The summed E-state index contributed by atoms with van der Waals surface area (Å²) in [6.45, 7) is 3.48. The summed E-state index contributed by atoms with van der Waals surface area (Å²) < 4.78 is 0. The molecule has 0 atom stereocenters. The van der Waals surface area contributed by atoms with E-state index in [0.717, 1.165) is 5.56 Å². The van der Waals surface area contributed by atoms with E-state index in [9.17, 15) is 4.79 Å². The van der Waals surface area contributed by atoms with E-state index in [1.165, 1.54) is 0 Å². The molecule has 17 heavy (non-hydrogen) atoms. The first-order valence-electron chi connectivity index (χ1n) is 5.70. The minimum Gasteiger partial charge on any atom is -0.399 e. The molecule has 1 amide bonds. The number of hydrogen-bond acceptors (Lipinski definition) is 3. The molecule has 0 saturated heterocycles. The molecule has 0 bridgehead atoms. The number of hydrogen-bond donors (Lipinski definition) is 3. The van der Waals surface area contributed by atoms with Crippen molar-refractivity contribution in [3.63, 3.8) is 0 Å². The lowest BCUT2D eigenvalue weighted by atomic mass is 10.0. The first kappa shape index (κ1) is 13.5. The molecular weight excluding hydrogens is 216 g/mol. The Labute approximate surface area is 102 Å². The number of nitrogens with two attached hydrogens (primary N) is 1. The molecule has 94 valence electrons. The van der Waals surface area contributed by atoms with E-state index in [2.05, 4.69) is 5.32 Å². The van der Waals surface area contributed by atoms with Gasteiger partial charge in [-0.1, -0.05) is 18.2 Å². The molecule has 0 fully saturated rings. The van der Waals surface area contributed by atoms with Crippen molar-refractivity contribution in [2.45, 2.75) is 32.2 Å². The minimum atomic E-state index is -0.570. The van der Waals surface area contributed by atoms with Crippen LogP contribution in [0.4, 0.5) is 5.69 Å². The Morgan fingerprint density at radius 2 is 2.06 bits per heavy atom. The maximum absolute atomic E-state index is 11.6. The number of aliphatic hydroxyl groups is 1. The highest BCUT2D eigenvalue weighted by molar-refractivity contribution is 5.77. The third-order valence-corrected chi connectivity index (χ3v) is 2.55. The van der Waals surface area contributed by atoms with Gasteiger partial charge in [0.25, 0.3) is 0 Å². The summed E-state index contributed by atoms with van der Waals surface area (Å²) in [6, 6.07) is 7.51. The van der Waals surface area contributed by atoms with E-state index in [0.29, 0.717) is 18.5 Å². The number of carbonyl (C=O) groups excluding carboxylic acids is 1. The Bertz CT molecular complexity index is 389. The Morgan fingerprint density at radius 3 is 2.65 bits per heavy atom. The number of rotatable bonds is 5. The van der Waals surface area contributed by atoms with Crippen molar-refractivity contribution in [2.24, 2.45) is 0 Å². The zero-order valence-electron chi connectivity index (χ0n) is 10.4. The van der Waals surface area contributed by atoms with Gasteiger partial charge in [0.05, 0.1) is 12.1 Å². The lowest BCUT2D eigenvalue weighted by Crippen LogP contribution is -2.46. The monoisotopic (exact) mass is 236 g/mol. The molecule has 0 heterocycles. The Balaban J connectivity index is 2.47. The topological polar surface area (TPSA) is 75.3 Å². The molecule has 4 N–H and O–H groups in total. The lowest BCUT2D eigenvalue weighted by molar-refractivity contribution is -0.123. The molecule has 4 nitrogen and oxygen atoms in total. The second-order valence-corrected chi connectivity index (χ2v) is 4.79. The summed E-state index contributed by atoms with van der Waals surface area (Å²) >= 11 is 0. The quantitative estimate of drug-likeness (QED) is 0.670. The van der Waals surface area contributed by atoms with Crippen LogP contribution in [0, 0.1) is 0 Å². The van der Waals surface area contributed by atoms with Crippen molar-refractivity contribution in [3.05, 3.63) is 29.8 Å². The summed E-state index contributed by atoms with van der Waals surface area (Å²) in [5.41, 5.74) is 6.90. The van der Waals surface area contributed by atoms with E-state index in [1.54, 1.807) is 13.8 Å². The standard InChI is InChI=1S/C13H20N2O2/c1-13(2,9-16)15-12(17)8-7-10-5-3-4-6-11(10)14/h3-6,16H,7-9,14H2,1-2H3,(H,15,17). The van der Waals surface area contributed by atoms with E-state index in [1.807, 2.05) is 24.3 Å². The molecule has 0 saturated carbocycles. The molecule has 0 spiro atoms. The molecule has 0 radical (unpaired) electrons. The van der Waals surface area contributed by atoms with Gasteiger partial charge >= 0.3 is 0 Å². The maximum Gasteiger partial charge on any atom is 0.220 e. The van der Waals surface area contributed by atoms with E-state index >= 15 is 0 Å². The summed E-state index contributed by atoms with van der Waals surface area (Å²) in [4.78, 5) is 11.6. The highest BCUT2D eigenvalue weighted by atomic mass is 16.3. The van der Waals surface area contributed by atoms with Crippen LogP contribution in [0.2, 0.25) is 0 Å². The molecule has 0 unspecified atom stereocenters. The number of aryl methyl sites for hydroxylation is 1. The second-order valence-electron chi connectivity index (χ2n) is 4.79. The van der Waals surface area contributed by atoms with Gasteiger partial charge in [-0.25, -0.2) is 0 Å². The van der Waals surface area contributed by atoms with Crippen LogP contribution in [-0.4, -0.2) is 23.2 Å². The molecule has 1 aromatic rings.